The van der Waals surface area contributed by atoms with E-state index in [0.29, 0.717) is 18.7 Å². The van der Waals surface area contributed by atoms with Crippen molar-refractivity contribution in [3.8, 4) is 0 Å². The number of anilines is 1. The number of hydrogen-bond donors (Lipinski definition) is 3. The molecular formula is C20H30N6O3. The minimum Gasteiger partial charge on any atom is -0.481 e. The average Bonchev–Trinajstić information content (AvgIpc) is 3.27. The summed E-state index contributed by atoms with van der Waals surface area (Å²) in [6, 6.07) is 8.15. The second kappa shape index (κ2) is 10.9. The van der Waals surface area contributed by atoms with Crippen LogP contribution in [-0.4, -0.2) is 76.0 Å². The zero-order valence-electron chi connectivity index (χ0n) is 16.9. The number of H-pyrrole nitrogens is 1. The number of aromatic nitrogens is 4. The number of rotatable bonds is 11. The van der Waals surface area contributed by atoms with Gasteiger partial charge in [-0.15, -0.1) is 10.2 Å². The normalized spacial score (nSPS) is 17.0. The summed E-state index contributed by atoms with van der Waals surface area (Å²) in [7, 11) is 0. The van der Waals surface area contributed by atoms with Gasteiger partial charge in [0.25, 0.3) is 0 Å². The van der Waals surface area contributed by atoms with Crippen molar-refractivity contribution in [2.24, 2.45) is 5.92 Å². The highest BCUT2D eigenvalue weighted by molar-refractivity contribution is 5.71. The molecule has 2 atom stereocenters. The molecule has 1 aliphatic rings. The molecule has 0 bridgehead atoms. The zero-order chi connectivity index (χ0) is 20.5. The summed E-state index contributed by atoms with van der Waals surface area (Å²) in [5.41, 5.74) is 2.11. The molecule has 1 aromatic heterocycles. The molecule has 0 amide bonds. The minimum atomic E-state index is -0.817. The molecule has 1 aromatic carbocycles. The lowest BCUT2D eigenvalue weighted by Gasteiger charge is -2.26. The van der Waals surface area contributed by atoms with Crippen LogP contribution in [0.1, 0.15) is 37.1 Å². The third-order valence-electron chi connectivity index (χ3n) is 5.37. The number of ether oxygens (including phenoxy) is 1. The molecule has 1 fully saturated rings. The van der Waals surface area contributed by atoms with Crippen LogP contribution in [0.4, 0.5) is 5.69 Å². The monoisotopic (exact) mass is 402 g/mol. The summed E-state index contributed by atoms with van der Waals surface area (Å²) in [5, 5.41) is 27.3. The molecule has 9 heteroatoms. The average molecular weight is 402 g/mol. The lowest BCUT2D eigenvalue weighted by molar-refractivity contribution is -0.142. The summed E-state index contributed by atoms with van der Waals surface area (Å²) in [4.78, 5) is 14.2. The first-order chi connectivity index (χ1) is 14.2. The number of carboxylic acid groups (broad SMARTS) is 1. The third kappa shape index (κ3) is 6.23. The van der Waals surface area contributed by atoms with Gasteiger partial charge in [-0.3, -0.25) is 9.69 Å². The van der Waals surface area contributed by atoms with Crippen LogP contribution in [0.2, 0.25) is 0 Å². The Balaban J connectivity index is 1.59. The first-order valence-electron chi connectivity index (χ1n) is 10.3. The van der Waals surface area contributed by atoms with E-state index in [0.717, 1.165) is 57.1 Å². The van der Waals surface area contributed by atoms with E-state index in [4.69, 9.17) is 4.74 Å². The number of hydrogen-bond acceptors (Lipinski definition) is 7. The quantitative estimate of drug-likeness (QED) is 0.521. The Morgan fingerprint density at radius 2 is 2.07 bits per heavy atom. The van der Waals surface area contributed by atoms with Crippen molar-refractivity contribution in [2.45, 2.75) is 32.1 Å². The number of benzene rings is 1. The maximum atomic E-state index is 11.8. The topological polar surface area (TPSA) is 116 Å². The van der Waals surface area contributed by atoms with Crippen LogP contribution < -0.4 is 5.32 Å². The summed E-state index contributed by atoms with van der Waals surface area (Å²) >= 11 is 0. The Morgan fingerprint density at radius 1 is 1.31 bits per heavy atom. The number of carboxylic acids is 1. The molecule has 0 spiro atoms. The highest BCUT2D eigenvalue weighted by Gasteiger charge is 2.31. The largest absolute Gasteiger partial charge is 0.481 e. The SMILES string of the molecule is CCCC(C(=O)O)C(Cc1ccc(NCCN2CCOCC2)cc1)c1nn[nH]n1. The van der Waals surface area contributed by atoms with Crippen molar-refractivity contribution in [2.75, 3.05) is 44.7 Å². The van der Waals surface area contributed by atoms with E-state index in [-0.39, 0.29) is 5.92 Å². The van der Waals surface area contributed by atoms with Crippen molar-refractivity contribution in [3.05, 3.63) is 35.7 Å². The first kappa shape index (κ1) is 21.2. The fraction of sp³-hybridized carbons (Fsp3) is 0.600. The second-order valence-electron chi connectivity index (χ2n) is 7.39. The summed E-state index contributed by atoms with van der Waals surface area (Å²) in [6.45, 7) is 7.45. The molecule has 2 aromatic rings. The van der Waals surface area contributed by atoms with Crippen LogP contribution in [-0.2, 0) is 16.0 Å². The van der Waals surface area contributed by atoms with Crippen LogP contribution in [0.5, 0.6) is 0 Å². The van der Waals surface area contributed by atoms with Gasteiger partial charge in [0.1, 0.15) is 0 Å². The number of aliphatic carboxylic acids is 1. The maximum Gasteiger partial charge on any atom is 0.307 e. The summed E-state index contributed by atoms with van der Waals surface area (Å²) in [6.07, 6.45) is 1.93. The maximum absolute atomic E-state index is 11.8. The molecule has 158 valence electrons. The van der Waals surface area contributed by atoms with E-state index >= 15 is 0 Å². The molecule has 1 aliphatic heterocycles. The molecule has 2 unspecified atom stereocenters. The molecule has 0 radical (unpaired) electrons. The molecule has 3 N–H and O–H groups in total. The van der Waals surface area contributed by atoms with Gasteiger partial charge in [-0.25, -0.2) is 0 Å². The van der Waals surface area contributed by atoms with Crippen molar-refractivity contribution in [1.29, 1.82) is 0 Å². The number of aromatic amines is 1. The van der Waals surface area contributed by atoms with Crippen LogP contribution in [0.25, 0.3) is 0 Å². The molecule has 3 rings (SSSR count). The van der Waals surface area contributed by atoms with E-state index in [1.807, 2.05) is 31.2 Å². The van der Waals surface area contributed by atoms with Gasteiger partial charge in [0.15, 0.2) is 5.82 Å². The molecular weight excluding hydrogens is 372 g/mol. The van der Waals surface area contributed by atoms with E-state index in [1.165, 1.54) is 0 Å². The van der Waals surface area contributed by atoms with Gasteiger partial charge in [-0.1, -0.05) is 30.7 Å². The van der Waals surface area contributed by atoms with E-state index in [9.17, 15) is 9.90 Å². The van der Waals surface area contributed by atoms with Gasteiger partial charge in [-0.05, 0) is 30.5 Å². The standard InChI is InChI=1S/C20H30N6O3/c1-2-3-17(20(27)28)18(19-22-24-25-23-19)14-15-4-6-16(7-5-15)21-8-9-26-10-12-29-13-11-26/h4-7,17-18,21H,2-3,8-14H2,1H3,(H,27,28)(H,22,23,24,25). The molecule has 0 saturated carbocycles. The smallest absolute Gasteiger partial charge is 0.307 e. The number of nitrogens with zero attached hydrogens (tertiary/aromatic N) is 4. The molecule has 0 aliphatic carbocycles. The zero-order valence-corrected chi connectivity index (χ0v) is 16.9. The predicted octanol–water partition coefficient (Wildman–Crippen LogP) is 1.77. The summed E-state index contributed by atoms with van der Waals surface area (Å²) in [5.74, 6) is -1.21. The van der Waals surface area contributed by atoms with Crippen LogP contribution in [0.3, 0.4) is 0 Å². The Labute approximate surface area is 170 Å². The van der Waals surface area contributed by atoms with Gasteiger partial charge in [0, 0.05) is 37.8 Å². The number of carbonyl (C=O) groups is 1. The van der Waals surface area contributed by atoms with Crippen molar-refractivity contribution < 1.29 is 14.6 Å². The Bertz CT molecular complexity index is 731. The first-order valence-corrected chi connectivity index (χ1v) is 10.3. The van der Waals surface area contributed by atoms with Crippen molar-refractivity contribution >= 4 is 11.7 Å². The molecule has 9 nitrogen and oxygen atoms in total. The van der Waals surface area contributed by atoms with Crippen molar-refractivity contribution in [3.63, 3.8) is 0 Å². The third-order valence-corrected chi connectivity index (χ3v) is 5.37. The van der Waals surface area contributed by atoms with Gasteiger partial charge < -0.3 is 15.2 Å². The fourth-order valence-corrected chi connectivity index (χ4v) is 3.74. The van der Waals surface area contributed by atoms with Crippen LogP contribution in [0.15, 0.2) is 24.3 Å². The van der Waals surface area contributed by atoms with Gasteiger partial charge in [0.05, 0.1) is 19.1 Å². The van der Waals surface area contributed by atoms with Crippen LogP contribution in [0, 0.1) is 5.92 Å². The Kier molecular flexibility index (Phi) is 7.94. The van der Waals surface area contributed by atoms with Gasteiger partial charge >= 0.3 is 5.97 Å². The van der Waals surface area contributed by atoms with E-state index in [1.54, 1.807) is 0 Å². The van der Waals surface area contributed by atoms with Gasteiger partial charge in [0.2, 0.25) is 0 Å². The molecule has 1 saturated heterocycles. The second-order valence-corrected chi connectivity index (χ2v) is 7.39. The van der Waals surface area contributed by atoms with E-state index < -0.39 is 11.9 Å². The predicted molar refractivity (Wildman–Crippen MR) is 109 cm³/mol. The number of nitrogens with one attached hydrogen (secondary N) is 2. The minimum absolute atomic E-state index is 0.314. The van der Waals surface area contributed by atoms with Gasteiger partial charge in [-0.2, -0.15) is 5.21 Å². The Hall–Kier alpha value is -2.52. The molecule has 2 heterocycles. The number of morpholine rings is 1. The lowest BCUT2D eigenvalue weighted by atomic mass is 9.83. The van der Waals surface area contributed by atoms with Crippen molar-refractivity contribution in [1.82, 2.24) is 25.5 Å². The lowest BCUT2D eigenvalue weighted by Crippen LogP contribution is -2.38. The summed E-state index contributed by atoms with van der Waals surface area (Å²) < 4.78 is 5.37. The molecule has 29 heavy (non-hydrogen) atoms. The fourth-order valence-electron chi connectivity index (χ4n) is 3.74. The van der Waals surface area contributed by atoms with E-state index in [2.05, 4.69) is 30.8 Å². The Morgan fingerprint density at radius 3 is 2.69 bits per heavy atom. The highest BCUT2D eigenvalue weighted by atomic mass is 16.5. The van der Waals surface area contributed by atoms with Crippen LogP contribution >= 0.6 is 0 Å². The highest BCUT2D eigenvalue weighted by Crippen LogP contribution is 2.30. The number of tetrazole rings is 1.